The largest absolute Gasteiger partial charge is 0.493 e. The third-order valence-electron chi connectivity index (χ3n) is 7.48. The minimum absolute atomic E-state index is 0.210. The van der Waals surface area contributed by atoms with Crippen molar-refractivity contribution in [3.63, 3.8) is 0 Å². The normalized spacial score (nSPS) is 14.7. The lowest BCUT2D eigenvalue weighted by atomic mass is 9.91. The van der Waals surface area contributed by atoms with Crippen LogP contribution in [0, 0.1) is 0 Å². The first-order chi connectivity index (χ1) is 21.8. The fourth-order valence-corrected chi connectivity index (χ4v) is 7.31. The van der Waals surface area contributed by atoms with Gasteiger partial charge in [-0.1, -0.05) is 81.9 Å². The molecule has 5 aromatic rings. The number of carbonyl (C=O) groups is 1. The van der Waals surface area contributed by atoms with Crippen molar-refractivity contribution in [3.8, 4) is 11.5 Å². The van der Waals surface area contributed by atoms with E-state index in [9.17, 15) is 9.59 Å². The Labute approximate surface area is 280 Å². The third-order valence-corrected chi connectivity index (χ3v) is 9.58. The van der Waals surface area contributed by atoms with E-state index >= 15 is 0 Å². The SMILES string of the molecule is CCOC(=O)C1=C(C)N=c2s/c(=C/c3cc(Br)c(OCc4ccc(Br)cc4)c(OC)c3)c(=O)n2[C@H]1c1cccc2ccccc12. The molecular weight excluding hydrogens is 720 g/mol. The molecule has 7 nitrogen and oxygen atoms in total. The van der Waals surface area contributed by atoms with Crippen LogP contribution in [0.1, 0.15) is 36.6 Å². The maximum atomic E-state index is 14.2. The van der Waals surface area contributed by atoms with E-state index in [0.29, 0.717) is 43.2 Å². The van der Waals surface area contributed by atoms with Crippen molar-refractivity contribution in [2.24, 2.45) is 4.99 Å². The van der Waals surface area contributed by atoms with Crippen LogP contribution in [-0.4, -0.2) is 24.3 Å². The smallest absolute Gasteiger partial charge is 0.338 e. The molecule has 0 spiro atoms. The van der Waals surface area contributed by atoms with E-state index in [1.165, 1.54) is 11.3 Å². The summed E-state index contributed by atoms with van der Waals surface area (Å²) in [4.78, 5) is 32.8. The standard InChI is InChI=1S/C35H28Br2N2O5S/c1-4-43-34(41)30-20(2)38-35-39(31(30)26-11-7-9-23-8-5-6-10-25(23)26)33(40)29(45-35)18-22-16-27(37)32(28(17-22)42-3)44-19-21-12-14-24(36)15-13-21/h5-18,31H,4,19H2,1-3H3/b29-18+/t31-/m0/s1. The molecule has 0 N–H and O–H groups in total. The minimum atomic E-state index is -0.704. The molecule has 4 aromatic carbocycles. The lowest BCUT2D eigenvalue weighted by Crippen LogP contribution is -2.40. The second kappa shape index (κ2) is 13.2. The highest BCUT2D eigenvalue weighted by atomic mass is 79.9. The zero-order chi connectivity index (χ0) is 31.7. The van der Waals surface area contributed by atoms with Crippen LogP contribution in [0.25, 0.3) is 16.8 Å². The minimum Gasteiger partial charge on any atom is -0.493 e. The van der Waals surface area contributed by atoms with Gasteiger partial charge < -0.3 is 14.2 Å². The Morgan fingerprint density at radius 3 is 2.56 bits per heavy atom. The fraction of sp³-hybridized carbons (Fsp3) is 0.171. The van der Waals surface area contributed by atoms with Crippen LogP contribution in [0.2, 0.25) is 0 Å². The molecule has 0 fully saturated rings. The first-order valence-electron chi connectivity index (χ1n) is 14.2. The van der Waals surface area contributed by atoms with Crippen LogP contribution in [-0.2, 0) is 16.1 Å². The molecular formula is C35H28Br2N2O5S. The summed E-state index contributed by atoms with van der Waals surface area (Å²) >= 11 is 8.36. The quantitative estimate of drug-likeness (QED) is 0.159. The molecule has 1 atom stereocenters. The summed E-state index contributed by atoms with van der Waals surface area (Å²) in [5.41, 5.74) is 3.20. The Morgan fingerprint density at radius 1 is 1.04 bits per heavy atom. The van der Waals surface area contributed by atoms with Gasteiger partial charge in [0.25, 0.3) is 5.56 Å². The van der Waals surface area contributed by atoms with Gasteiger partial charge in [-0.25, -0.2) is 9.79 Å². The fourth-order valence-electron chi connectivity index (χ4n) is 5.43. The van der Waals surface area contributed by atoms with Gasteiger partial charge in [0.15, 0.2) is 16.3 Å². The van der Waals surface area contributed by atoms with Crippen molar-refractivity contribution in [2.75, 3.05) is 13.7 Å². The summed E-state index contributed by atoms with van der Waals surface area (Å²) in [6.45, 7) is 4.12. The molecule has 0 saturated heterocycles. The molecule has 2 heterocycles. The molecule has 0 radical (unpaired) electrons. The summed E-state index contributed by atoms with van der Waals surface area (Å²) in [5.74, 6) is 0.595. The molecule has 45 heavy (non-hydrogen) atoms. The molecule has 1 aromatic heterocycles. The Hall–Kier alpha value is -3.99. The molecule has 0 amide bonds. The number of ether oxygens (including phenoxy) is 3. The van der Waals surface area contributed by atoms with Crippen LogP contribution >= 0.6 is 43.2 Å². The van der Waals surface area contributed by atoms with Crippen molar-refractivity contribution < 1.29 is 19.0 Å². The number of allylic oxidation sites excluding steroid dienone is 1. The molecule has 10 heteroatoms. The summed E-state index contributed by atoms with van der Waals surface area (Å²) in [7, 11) is 1.58. The number of rotatable bonds is 8. The number of nitrogens with zero attached hydrogens (tertiary/aromatic N) is 2. The first-order valence-corrected chi connectivity index (χ1v) is 16.6. The Morgan fingerprint density at radius 2 is 1.80 bits per heavy atom. The van der Waals surface area contributed by atoms with Crippen molar-refractivity contribution in [1.82, 2.24) is 4.57 Å². The Balaban J connectivity index is 1.45. The van der Waals surface area contributed by atoms with Crippen LogP contribution in [0.4, 0.5) is 0 Å². The van der Waals surface area contributed by atoms with Crippen molar-refractivity contribution in [2.45, 2.75) is 26.5 Å². The number of carbonyl (C=O) groups excluding carboxylic acids is 1. The summed E-state index contributed by atoms with van der Waals surface area (Å²) in [6.07, 6.45) is 1.80. The predicted molar refractivity (Wildman–Crippen MR) is 184 cm³/mol. The van der Waals surface area contributed by atoms with Crippen LogP contribution in [0.3, 0.4) is 0 Å². The number of esters is 1. The maximum absolute atomic E-state index is 14.2. The molecule has 6 rings (SSSR count). The zero-order valence-corrected chi connectivity index (χ0v) is 28.7. The van der Waals surface area contributed by atoms with Gasteiger partial charge in [-0.2, -0.15) is 0 Å². The van der Waals surface area contributed by atoms with E-state index in [1.54, 1.807) is 31.6 Å². The second-order valence-electron chi connectivity index (χ2n) is 10.3. The lowest BCUT2D eigenvalue weighted by molar-refractivity contribution is -0.139. The first kappa shape index (κ1) is 31.0. The van der Waals surface area contributed by atoms with Crippen molar-refractivity contribution in [1.29, 1.82) is 0 Å². The van der Waals surface area contributed by atoms with E-state index < -0.39 is 12.0 Å². The Bertz CT molecular complexity index is 2150. The van der Waals surface area contributed by atoms with Gasteiger partial charge in [-0.05, 0) is 87.6 Å². The topological polar surface area (TPSA) is 79.1 Å². The number of hydrogen-bond acceptors (Lipinski definition) is 7. The average Bonchev–Trinajstić information content (AvgIpc) is 3.33. The number of aromatic nitrogens is 1. The average molecular weight is 748 g/mol. The summed E-state index contributed by atoms with van der Waals surface area (Å²) in [5, 5.41) is 1.96. The van der Waals surface area contributed by atoms with Gasteiger partial charge in [0.2, 0.25) is 0 Å². The van der Waals surface area contributed by atoms with Crippen LogP contribution < -0.4 is 24.4 Å². The van der Waals surface area contributed by atoms with E-state index in [1.807, 2.05) is 78.9 Å². The maximum Gasteiger partial charge on any atom is 0.338 e. The van der Waals surface area contributed by atoms with E-state index in [2.05, 4.69) is 31.9 Å². The highest BCUT2D eigenvalue weighted by molar-refractivity contribution is 9.10. The summed E-state index contributed by atoms with van der Waals surface area (Å²) < 4.78 is 21.0. The van der Waals surface area contributed by atoms with Crippen molar-refractivity contribution in [3.05, 3.63) is 135 Å². The summed E-state index contributed by atoms with van der Waals surface area (Å²) in [6, 6.07) is 24.8. The van der Waals surface area contributed by atoms with Gasteiger partial charge in [0, 0.05) is 4.47 Å². The van der Waals surface area contributed by atoms with E-state index in [0.717, 1.165) is 31.9 Å². The molecule has 228 valence electrons. The lowest BCUT2D eigenvalue weighted by Gasteiger charge is -2.25. The van der Waals surface area contributed by atoms with Crippen LogP contribution in [0.5, 0.6) is 11.5 Å². The third kappa shape index (κ3) is 6.14. The number of thiazole rings is 1. The number of hydrogen-bond donors (Lipinski definition) is 0. The van der Waals surface area contributed by atoms with Gasteiger partial charge in [0.1, 0.15) is 6.61 Å². The highest BCUT2D eigenvalue weighted by Crippen LogP contribution is 2.38. The van der Waals surface area contributed by atoms with Gasteiger partial charge >= 0.3 is 5.97 Å². The molecule has 0 bridgehead atoms. The Kier molecular flexibility index (Phi) is 9.07. The number of benzene rings is 4. The number of halogens is 2. The predicted octanol–water partition coefficient (Wildman–Crippen LogP) is 7.06. The monoisotopic (exact) mass is 746 g/mol. The van der Waals surface area contributed by atoms with Crippen LogP contribution in [0.15, 0.2) is 109 Å². The van der Waals surface area contributed by atoms with Gasteiger partial charge in [-0.3, -0.25) is 9.36 Å². The molecule has 1 aliphatic heterocycles. The van der Waals surface area contributed by atoms with E-state index in [-0.39, 0.29) is 12.2 Å². The molecule has 0 saturated carbocycles. The number of methoxy groups -OCH3 is 1. The van der Waals surface area contributed by atoms with Gasteiger partial charge in [0.05, 0.1) is 40.0 Å². The van der Waals surface area contributed by atoms with Gasteiger partial charge in [-0.15, -0.1) is 0 Å². The molecule has 0 unspecified atom stereocenters. The van der Waals surface area contributed by atoms with E-state index in [4.69, 9.17) is 19.2 Å². The molecule has 0 aliphatic carbocycles. The van der Waals surface area contributed by atoms with Crippen molar-refractivity contribution >= 4 is 66.0 Å². The molecule has 1 aliphatic rings. The zero-order valence-electron chi connectivity index (χ0n) is 24.7. The highest BCUT2D eigenvalue weighted by Gasteiger charge is 2.34. The second-order valence-corrected chi connectivity index (χ2v) is 13.1. The number of fused-ring (bicyclic) bond motifs is 2.